The van der Waals surface area contributed by atoms with Gasteiger partial charge in [-0.2, -0.15) is 5.10 Å². The Hall–Kier alpha value is -4.71. The van der Waals surface area contributed by atoms with E-state index in [1.165, 1.54) is 0 Å². The fourth-order valence-corrected chi connectivity index (χ4v) is 3.58. The van der Waals surface area contributed by atoms with Crippen LogP contribution in [0.4, 0.5) is 0 Å². The van der Waals surface area contributed by atoms with Crippen LogP contribution in [0, 0.1) is 0 Å². The number of carbonyl (C=O) groups excluding carboxylic acids is 1. The van der Waals surface area contributed by atoms with Crippen molar-refractivity contribution in [1.82, 2.24) is 15.4 Å². The molecule has 0 aliphatic heterocycles. The summed E-state index contributed by atoms with van der Waals surface area (Å²) >= 11 is 0. The first kappa shape index (κ1) is 21.2. The van der Waals surface area contributed by atoms with Crippen molar-refractivity contribution in [1.29, 1.82) is 0 Å². The number of H-pyrrole nitrogens is 1. The number of hydrogen-bond acceptors (Lipinski definition) is 4. The molecule has 34 heavy (non-hydrogen) atoms. The summed E-state index contributed by atoms with van der Waals surface area (Å²) in [5.41, 5.74) is 7.52. The van der Waals surface area contributed by atoms with E-state index < -0.39 is 0 Å². The predicted octanol–water partition coefficient (Wildman–Crippen LogP) is 5.57. The van der Waals surface area contributed by atoms with Crippen molar-refractivity contribution in [2.24, 2.45) is 5.10 Å². The van der Waals surface area contributed by atoms with Gasteiger partial charge in [-0.05, 0) is 35.9 Å². The summed E-state index contributed by atoms with van der Waals surface area (Å²) in [5.74, 6) is 1.26. The van der Waals surface area contributed by atoms with Gasteiger partial charge in [0.15, 0.2) is 0 Å². The van der Waals surface area contributed by atoms with Crippen LogP contribution in [0.1, 0.15) is 21.5 Å². The Morgan fingerprint density at radius 2 is 1.65 bits per heavy atom. The van der Waals surface area contributed by atoms with Gasteiger partial charge in [0.2, 0.25) is 0 Å². The number of aromatic amines is 1. The number of carbonyl (C=O) groups is 1. The van der Waals surface area contributed by atoms with Crippen molar-refractivity contribution in [2.75, 3.05) is 0 Å². The largest absolute Gasteiger partial charge is 0.489 e. The van der Waals surface area contributed by atoms with E-state index in [4.69, 9.17) is 4.74 Å². The van der Waals surface area contributed by atoms with Gasteiger partial charge in [0.25, 0.3) is 5.91 Å². The molecule has 5 rings (SSSR count). The fourth-order valence-electron chi connectivity index (χ4n) is 3.58. The van der Waals surface area contributed by atoms with Gasteiger partial charge >= 0.3 is 0 Å². The zero-order chi connectivity index (χ0) is 23.2. The van der Waals surface area contributed by atoms with Crippen molar-refractivity contribution in [2.45, 2.75) is 6.61 Å². The Balaban J connectivity index is 1.26. The van der Waals surface area contributed by atoms with Gasteiger partial charge in [-0.25, -0.2) is 10.4 Å². The third-order valence-corrected chi connectivity index (χ3v) is 5.35. The van der Waals surface area contributed by atoms with Gasteiger partial charge in [0.05, 0.1) is 17.2 Å². The van der Waals surface area contributed by atoms with Gasteiger partial charge in [-0.15, -0.1) is 0 Å². The molecule has 0 unspecified atom stereocenters. The highest BCUT2D eigenvalue weighted by Crippen LogP contribution is 2.21. The van der Waals surface area contributed by atoms with Crippen molar-refractivity contribution < 1.29 is 9.53 Å². The maximum Gasteiger partial charge on any atom is 0.271 e. The van der Waals surface area contributed by atoms with Crippen molar-refractivity contribution >= 4 is 23.2 Å². The highest BCUT2D eigenvalue weighted by molar-refractivity contribution is 5.98. The Kier molecular flexibility index (Phi) is 6.12. The van der Waals surface area contributed by atoms with E-state index in [0.29, 0.717) is 12.2 Å². The number of ether oxygens (including phenoxy) is 1. The number of hydrazone groups is 1. The number of rotatable bonds is 7. The summed E-state index contributed by atoms with van der Waals surface area (Å²) < 4.78 is 5.85. The fraction of sp³-hybridized carbons (Fsp3) is 0.0357. The van der Waals surface area contributed by atoms with Gasteiger partial charge in [-0.1, -0.05) is 72.8 Å². The number of nitrogens with zero attached hydrogens (tertiary/aromatic N) is 2. The molecule has 166 valence electrons. The number of fused-ring (bicyclic) bond motifs is 1. The molecule has 0 saturated carbocycles. The molecule has 0 spiro atoms. The molecule has 6 nitrogen and oxygen atoms in total. The van der Waals surface area contributed by atoms with Crippen molar-refractivity contribution in [3.8, 4) is 17.1 Å². The molecule has 0 saturated heterocycles. The Morgan fingerprint density at radius 3 is 2.47 bits per heavy atom. The summed E-state index contributed by atoms with van der Waals surface area (Å²) in [4.78, 5) is 20.6. The standard InChI is InChI=1S/C28H22N4O2/c33-28(21-15-16-25-26(17-21)31-27(30-25)20-9-3-1-4-10-20)32-29-18-22-11-7-8-12-23(22)19-34-24-13-5-2-6-14-24/h1-18H,19H2,(H,30,31)(H,32,33)/b29-18+. The first-order valence-corrected chi connectivity index (χ1v) is 10.9. The van der Waals surface area contributed by atoms with Crippen LogP contribution < -0.4 is 10.2 Å². The van der Waals surface area contributed by atoms with Crippen LogP contribution in [0.15, 0.2) is 108 Å². The minimum Gasteiger partial charge on any atom is -0.489 e. The van der Waals surface area contributed by atoms with E-state index in [0.717, 1.165) is 39.3 Å². The third-order valence-electron chi connectivity index (χ3n) is 5.35. The smallest absolute Gasteiger partial charge is 0.271 e. The lowest BCUT2D eigenvalue weighted by Gasteiger charge is -2.08. The summed E-state index contributed by atoms with van der Waals surface area (Å²) in [7, 11) is 0. The molecule has 5 aromatic rings. The van der Waals surface area contributed by atoms with E-state index in [9.17, 15) is 4.79 Å². The summed E-state index contributed by atoms with van der Waals surface area (Å²) in [6, 6.07) is 32.6. The molecule has 1 heterocycles. The zero-order valence-corrected chi connectivity index (χ0v) is 18.3. The molecule has 0 aliphatic rings. The molecule has 0 bridgehead atoms. The van der Waals surface area contributed by atoms with Crippen molar-refractivity contribution in [3.05, 3.63) is 120 Å². The lowest BCUT2D eigenvalue weighted by Crippen LogP contribution is -2.17. The van der Waals surface area contributed by atoms with E-state index in [1.54, 1.807) is 18.3 Å². The molecule has 6 heteroatoms. The number of amides is 1. The highest BCUT2D eigenvalue weighted by atomic mass is 16.5. The molecule has 0 fully saturated rings. The summed E-state index contributed by atoms with van der Waals surface area (Å²) in [5, 5.41) is 4.16. The monoisotopic (exact) mass is 446 g/mol. The molecular weight excluding hydrogens is 424 g/mol. The van der Waals surface area contributed by atoms with Gasteiger partial charge in [0.1, 0.15) is 18.2 Å². The van der Waals surface area contributed by atoms with E-state index in [-0.39, 0.29) is 5.91 Å². The minimum absolute atomic E-state index is 0.299. The number of nitrogens with one attached hydrogen (secondary N) is 2. The normalized spacial score (nSPS) is 11.1. The van der Waals surface area contributed by atoms with Crippen LogP contribution in [-0.4, -0.2) is 22.1 Å². The van der Waals surface area contributed by atoms with Crippen LogP contribution in [0.5, 0.6) is 5.75 Å². The van der Waals surface area contributed by atoms with Gasteiger partial charge < -0.3 is 9.72 Å². The number of imidazole rings is 1. The number of para-hydroxylation sites is 1. The first-order valence-electron chi connectivity index (χ1n) is 10.9. The van der Waals surface area contributed by atoms with Gasteiger partial charge in [0, 0.05) is 16.7 Å². The SMILES string of the molecule is O=C(N/N=C/c1ccccc1COc1ccccc1)c1ccc2nc(-c3ccccc3)[nH]c2c1. The second-order valence-electron chi connectivity index (χ2n) is 7.68. The van der Waals surface area contributed by atoms with Crippen LogP contribution >= 0.6 is 0 Å². The molecule has 0 radical (unpaired) electrons. The quantitative estimate of drug-likeness (QED) is 0.253. The lowest BCUT2D eigenvalue weighted by molar-refractivity contribution is 0.0955. The molecule has 4 aromatic carbocycles. The zero-order valence-electron chi connectivity index (χ0n) is 18.3. The average molecular weight is 447 g/mol. The highest BCUT2D eigenvalue weighted by Gasteiger charge is 2.10. The third kappa shape index (κ3) is 4.86. The number of benzene rings is 4. The summed E-state index contributed by atoms with van der Waals surface area (Å²) in [6.45, 7) is 0.403. The molecule has 2 N–H and O–H groups in total. The van der Waals surface area contributed by atoms with E-state index in [1.807, 2.05) is 91.0 Å². The number of hydrogen-bond donors (Lipinski definition) is 2. The average Bonchev–Trinajstić information content (AvgIpc) is 3.33. The Bertz CT molecular complexity index is 1440. The molecular formula is C28H22N4O2. The predicted molar refractivity (Wildman–Crippen MR) is 134 cm³/mol. The molecule has 0 aliphatic carbocycles. The second-order valence-corrected chi connectivity index (χ2v) is 7.68. The lowest BCUT2D eigenvalue weighted by atomic mass is 10.1. The minimum atomic E-state index is -0.299. The number of aromatic nitrogens is 2. The summed E-state index contributed by atoms with van der Waals surface area (Å²) in [6.07, 6.45) is 1.63. The van der Waals surface area contributed by atoms with Crippen LogP contribution in [0.25, 0.3) is 22.4 Å². The van der Waals surface area contributed by atoms with Crippen LogP contribution in [-0.2, 0) is 6.61 Å². The Labute approximate surface area is 196 Å². The van der Waals surface area contributed by atoms with Crippen LogP contribution in [0.3, 0.4) is 0 Å². The van der Waals surface area contributed by atoms with Crippen LogP contribution in [0.2, 0.25) is 0 Å². The van der Waals surface area contributed by atoms with E-state index in [2.05, 4.69) is 20.5 Å². The molecule has 1 aromatic heterocycles. The van der Waals surface area contributed by atoms with Crippen molar-refractivity contribution in [3.63, 3.8) is 0 Å². The van der Waals surface area contributed by atoms with Gasteiger partial charge in [-0.3, -0.25) is 4.79 Å². The Morgan fingerprint density at radius 1 is 0.912 bits per heavy atom. The van der Waals surface area contributed by atoms with E-state index >= 15 is 0 Å². The maximum absolute atomic E-state index is 12.7. The molecule has 1 amide bonds. The topological polar surface area (TPSA) is 79.4 Å². The maximum atomic E-state index is 12.7. The second kappa shape index (κ2) is 9.83. The molecule has 0 atom stereocenters. The first-order chi connectivity index (χ1) is 16.8.